The minimum Gasteiger partial charge on any atom is -0.388 e. The first-order valence-electron chi connectivity index (χ1n) is 6.93. The Labute approximate surface area is 116 Å². The third-order valence-electron chi connectivity index (χ3n) is 3.25. The number of hydrogen-bond acceptors (Lipinski definition) is 3. The molecule has 0 aliphatic carbocycles. The zero-order valence-electron chi connectivity index (χ0n) is 11.8. The van der Waals surface area contributed by atoms with Crippen LogP contribution in [0.3, 0.4) is 0 Å². The van der Waals surface area contributed by atoms with Crippen LogP contribution in [0, 0.1) is 0 Å². The molecule has 19 heavy (non-hydrogen) atoms. The number of hydrogen-bond donors (Lipinski definition) is 1. The predicted molar refractivity (Wildman–Crippen MR) is 77.9 cm³/mol. The van der Waals surface area contributed by atoms with Crippen molar-refractivity contribution in [2.24, 2.45) is 0 Å². The molecule has 0 aromatic heterocycles. The maximum atomic E-state index is 11.5. The Morgan fingerprint density at radius 3 is 2.47 bits per heavy atom. The highest BCUT2D eigenvalue weighted by Crippen LogP contribution is 2.22. The number of aliphatic hydroxyl groups is 1. The fraction of sp³-hybridized carbons (Fsp3) is 0.600. The average Bonchev–Trinajstić information content (AvgIpc) is 2.37. The average molecular weight is 284 g/mol. The van der Waals surface area contributed by atoms with Gasteiger partial charge in [0.05, 0.1) is 11.0 Å². The molecule has 1 unspecified atom stereocenters. The van der Waals surface area contributed by atoms with Gasteiger partial charge in [-0.15, -0.1) is 0 Å². The van der Waals surface area contributed by atoms with Gasteiger partial charge in [-0.1, -0.05) is 51.2 Å². The van der Waals surface area contributed by atoms with Gasteiger partial charge in [-0.2, -0.15) is 0 Å². The molecule has 1 atom stereocenters. The summed E-state index contributed by atoms with van der Waals surface area (Å²) >= 11 is 0. The van der Waals surface area contributed by atoms with Crippen molar-refractivity contribution in [2.45, 2.75) is 56.4 Å². The van der Waals surface area contributed by atoms with Gasteiger partial charge >= 0.3 is 0 Å². The van der Waals surface area contributed by atoms with E-state index in [1.54, 1.807) is 24.3 Å². The Morgan fingerprint density at radius 2 is 1.84 bits per heavy atom. The Bertz CT molecular complexity index is 480. The van der Waals surface area contributed by atoms with E-state index in [0.717, 1.165) is 12.8 Å². The van der Waals surface area contributed by atoms with Crippen molar-refractivity contribution >= 4 is 9.84 Å². The topological polar surface area (TPSA) is 54.4 Å². The third kappa shape index (κ3) is 5.74. The molecule has 0 fully saturated rings. The van der Waals surface area contributed by atoms with Crippen molar-refractivity contribution in [3.8, 4) is 0 Å². The Hall–Kier alpha value is -0.870. The monoisotopic (exact) mass is 284 g/mol. The highest BCUT2D eigenvalue weighted by Gasteiger charge is 2.12. The zero-order chi connectivity index (χ0) is 14.3. The van der Waals surface area contributed by atoms with Crippen molar-refractivity contribution in [1.29, 1.82) is 0 Å². The zero-order valence-corrected chi connectivity index (χ0v) is 12.6. The lowest BCUT2D eigenvalue weighted by Gasteiger charge is -2.11. The second-order valence-corrected chi connectivity index (χ2v) is 7.08. The summed E-state index contributed by atoms with van der Waals surface area (Å²) in [5, 5.41) is 10.1. The second-order valence-electron chi connectivity index (χ2n) is 5.06. The van der Waals surface area contributed by atoms with Crippen LogP contribution in [0.15, 0.2) is 29.2 Å². The van der Waals surface area contributed by atoms with Gasteiger partial charge in [-0.3, -0.25) is 0 Å². The largest absolute Gasteiger partial charge is 0.388 e. The predicted octanol–water partition coefficient (Wildman–Crippen LogP) is 3.48. The van der Waals surface area contributed by atoms with Gasteiger partial charge in [0.25, 0.3) is 0 Å². The van der Waals surface area contributed by atoms with Crippen molar-refractivity contribution in [3.05, 3.63) is 29.8 Å². The second kappa shape index (κ2) is 7.65. The van der Waals surface area contributed by atoms with Crippen LogP contribution in [-0.4, -0.2) is 19.8 Å². The van der Waals surface area contributed by atoms with Crippen molar-refractivity contribution < 1.29 is 13.5 Å². The van der Waals surface area contributed by atoms with Crippen LogP contribution in [0.1, 0.15) is 57.1 Å². The summed E-state index contributed by atoms with van der Waals surface area (Å²) in [4.78, 5) is 0.273. The van der Waals surface area contributed by atoms with Crippen LogP contribution >= 0.6 is 0 Å². The molecule has 1 aromatic carbocycles. The van der Waals surface area contributed by atoms with Gasteiger partial charge in [-0.05, 0) is 24.1 Å². The van der Waals surface area contributed by atoms with Gasteiger partial charge in [0.1, 0.15) is 0 Å². The summed E-state index contributed by atoms with van der Waals surface area (Å²) in [5.74, 6) is 0. The van der Waals surface area contributed by atoms with E-state index in [1.165, 1.54) is 25.5 Å². The Balaban J connectivity index is 2.55. The molecule has 1 rings (SSSR count). The summed E-state index contributed by atoms with van der Waals surface area (Å²) in [6.07, 6.45) is 7.05. The number of benzene rings is 1. The van der Waals surface area contributed by atoms with E-state index in [4.69, 9.17) is 0 Å². The lowest BCUT2D eigenvalue weighted by molar-refractivity contribution is 0.163. The fourth-order valence-corrected chi connectivity index (χ4v) is 2.74. The molecule has 0 radical (unpaired) electrons. The summed E-state index contributed by atoms with van der Waals surface area (Å²) in [6, 6.07) is 6.61. The Kier molecular flexibility index (Phi) is 6.52. The molecule has 0 saturated heterocycles. The van der Waals surface area contributed by atoms with E-state index in [-0.39, 0.29) is 4.90 Å². The van der Waals surface area contributed by atoms with Gasteiger partial charge in [0, 0.05) is 6.26 Å². The lowest BCUT2D eigenvalue weighted by Crippen LogP contribution is -2.02. The van der Waals surface area contributed by atoms with E-state index in [9.17, 15) is 13.5 Å². The van der Waals surface area contributed by atoms with Crippen LogP contribution in [0.2, 0.25) is 0 Å². The third-order valence-corrected chi connectivity index (χ3v) is 4.36. The molecule has 0 aliphatic rings. The normalized spacial score (nSPS) is 13.4. The first-order valence-corrected chi connectivity index (χ1v) is 8.82. The molecule has 4 heteroatoms. The minimum atomic E-state index is -3.20. The van der Waals surface area contributed by atoms with E-state index >= 15 is 0 Å². The van der Waals surface area contributed by atoms with Crippen LogP contribution in [0.4, 0.5) is 0 Å². The smallest absolute Gasteiger partial charge is 0.175 e. The molecule has 3 nitrogen and oxygen atoms in total. The molecule has 1 N–H and O–H groups in total. The van der Waals surface area contributed by atoms with E-state index < -0.39 is 15.9 Å². The summed E-state index contributed by atoms with van der Waals surface area (Å²) in [7, 11) is -3.20. The van der Waals surface area contributed by atoms with Crippen molar-refractivity contribution in [1.82, 2.24) is 0 Å². The molecule has 1 aromatic rings. The summed E-state index contributed by atoms with van der Waals surface area (Å²) in [6.45, 7) is 2.17. The quantitative estimate of drug-likeness (QED) is 0.743. The van der Waals surface area contributed by atoms with E-state index in [2.05, 4.69) is 6.92 Å². The molecule has 0 saturated carbocycles. The van der Waals surface area contributed by atoms with Crippen LogP contribution in [0.5, 0.6) is 0 Å². The Morgan fingerprint density at radius 1 is 1.16 bits per heavy atom. The highest BCUT2D eigenvalue weighted by molar-refractivity contribution is 7.90. The van der Waals surface area contributed by atoms with Crippen LogP contribution in [0.25, 0.3) is 0 Å². The molecule has 108 valence electrons. The first kappa shape index (κ1) is 16.2. The molecule has 0 heterocycles. The molecule has 0 amide bonds. The number of sulfone groups is 1. The number of rotatable bonds is 8. The maximum absolute atomic E-state index is 11.5. The number of aliphatic hydroxyl groups excluding tert-OH is 1. The van der Waals surface area contributed by atoms with Crippen LogP contribution in [-0.2, 0) is 9.84 Å². The molecule has 0 bridgehead atoms. The van der Waals surface area contributed by atoms with Gasteiger partial charge in [-0.25, -0.2) is 8.42 Å². The molecule has 0 spiro atoms. The summed E-state index contributed by atoms with van der Waals surface area (Å²) in [5.41, 5.74) is 0.693. The van der Waals surface area contributed by atoms with Gasteiger partial charge < -0.3 is 5.11 Å². The SMILES string of the molecule is CCCCCCCC(O)c1cccc(S(C)(=O)=O)c1. The molecular weight excluding hydrogens is 260 g/mol. The first-order chi connectivity index (χ1) is 8.95. The van der Waals surface area contributed by atoms with Crippen molar-refractivity contribution in [2.75, 3.05) is 6.26 Å². The lowest BCUT2D eigenvalue weighted by atomic mass is 10.0. The fourth-order valence-electron chi connectivity index (χ4n) is 2.06. The molecular formula is C15H24O3S. The van der Waals surface area contributed by atoms with E-state index in [0.29, 0.717) is 12.0 Å². The van der Waals surface area contributed by atoms with Crippen molar-refractivity contribution in [3.63, 3.8) is 0 Å². The van der Waals surface area contributed by atoms with Crippen LogP contribution < -0.4 is 0 Å². The summed E-state index contributed by atoms with van der Waals surface area (Å²) < 4.78 is 22.9. The number of unbranched alkanes of at least 4 members (excludes halogenated alkanes) is 4. The van der Waals surface area contributed by atoms with E-state index in [1.807, 2.05) is 0 Å². The minimum absolute atomic E-state index is 0.273. The maximum Gasteiger partial charge on any atom is 0.175 e. The standard InChI is InChI=1S/C15H24O3S/c1-3-4-5-6-7-11-15(16)13-9-8-10-14(12-13)19(2,17)18/h8-10,12,15-16H,3-7,11H2,1-2H3. The van der Waals surface area contributed by atoms with Gasteiger partial charge in [0.2, 0.25) is 0 Å². The highest BCUT2D eigenvalue weighted by atomic mass is 32.2. The molecule has 0 aliphatic heterocycles. The van der Waals surface area contributed by atoms with Gasteiger partial charge in [0.15, 0.2) is 9.84 Å².